The molecule has 0 saturated carbocycles. The molecule has 0 amide bonds. The number of ether oxygens (including phenoxy) is 5. The summed E-state index contributed by atoms with van der Waals surface area (Å²) in [4.78, 5) is 23.3. The topological polar surface area (TPSA) is 80.3 Å². The Morgan fingerprint density at radius 2 is 1.26 bits per heavy atom. The molecule has 2 aromatic carbocycles. The second-order valence-corrected chi connectivity index (χ2v) is 9.68. The molecule has 3 rings (SSSR count). The Bertz CT molecular complexity index is 934. The van der Waals surface area contributed by atoms with Crippen LogP contribution in [0.15, 0.2) is 48.5 Å². The minimum Gasteiger partial charge on any atom is -0.494 e. The SMILES string of the molecule is CC(=O)Oc1ccc(OC(=O)c2ccc(OCCCCCCCCCCCOC3CCCCO3)cc2)cc1. The van der Waals surface area contributed by atoms with Gasteiger partial charge in [-0.3, -0.25) is 4.79 Å². The molecule has 38 heavy (non-hydrogen) atoms. The number of benzene rings is 2. The van der Waals surface area contributed by atoms with Gasteiger partial charge in [-0.15, -0.1) is 0 Å². The van der Waals surface area contributed by atoms with Crippen LogP contribution in [0.25, 0.3) is 0 Å². The third kappa shape index (κ3) is 12.1. The minimum atomic E-state index is -0.459. The van der Waals surface area contributed by atoms with E-state index in [0.29, 0.717) is 23.7 Å². The molecular weight excluding hydrogens is 484 g/mol. The molecule has 2 aromatic rings. The van der Waals surface area contributed by atoms with E-state index in [1.54, 1.807) is 48.5 Å². The summed E-state index contributed by atoms with van der Waals surface area (Å²) >= 11 is 0. The van der Waals surface area contributed by atoms with Crippen LogP contribution in [0.2, 0.25) is 0 Å². The number of carbonyl (C=O) groups is 2. The van der Waals surface area contributed by atoms with Gasteiger partial charge in [-0.25, -0.2) is 4.79 Å². The maximum atomic E-state index is 12.4. The maximum Gasteiger partial charge on any atom is 0.343 e. The van der Waals surface area contributed by atoms with Crippen LogP contribution in [0.4, 0.5) is 0 Å². The van der Waals surface area contributed by atoms with Crippen LogP contribution in [0.5, 0.6) is 17.2 Å². The molecule has 7 heteroatoms. The van der Waals surface area contributed by atoms with Gasteiger partial charge in [-0.05, 0) is 80.6 Å². The molecule has 7 nitrogen and oxygen atoms in total. The normalized spacial score (nSPS) is 15.1. The Hall–Kier alpha value is -2.90. The van der Waals surface area contributed by atoms with E-state index in [-0.39, 0.29) is 6.29 Å². The van der Waals surface area contributed by atoms with Crippen molar-refractivity contribution in [2.75, 3.05) is 19.8 Å². The van der Waals surface area contributed by atoms with E-state index in [4.69, 9.17) is 23.7 Å². The van der Waals surface area contributed by atoms with Crippen molar-refractivity contribution in [2.45, 2.75) is 90.3 Å². The van der Waals surface area contributed by atoms with Crippen LogP contribution in [0, 0.1) is 0 Å². The highest BCUT2D eigenvalue weighted by molar-refractivity contribution is 5.91. The minimum absolute atomic E-state index is 0.0442. The first-order chi connectivity index (χ1) is 18.6. The summed E-state index contributed by atoms with van der Waals surface area (Å²) in [5, 5.41) is 0. The number of carbonyl (C=O) groups excluding carboxylic acids is 2. The molecule has 1 atom stereocenters. The van der Waals surface area contributed by atoms with Gasteiger partial charge < -0.3 is 23.7 Å². The Balaban J connectivity index is 1.16. The summed E-state index contributed by atoms with van der Waals surface area (Å²) in [5.41, 5.74) is 0.437. The van der Waals surface area contributed by atoms with Crippen molar-refractivity contribution in [3.63, 3.8) is 0 Å². The molecule has 1 heterocycles. The van der Waals surface area contributed by atoms with Crippen molar-refractivity contribution in [1.29, 1.82) is 0 Å². The van der Waals surface area contributed by atoms with E-state index < -0.39 is 11.9 Å². The van der Waals surface area contributed by atoms with Crippen LogP contribution in [-0.4, -0.2) is 38.0 Å². The average Bonchev–Trinajstić information content (AvgIpc) is 2.93. The maximum absolute atomic E-state index is 12.4. The van der Waals surface area contributed by atoms with Crippen molar-refractivity contribution in [3.8, 4) is 17.2 Å². The fourth-order valence-corrected chi connectivity index (χ4v) is 4.28. The molecule has 208 valence electrons. The number of hydrogen-bond donors (Lipinski definition) is 0. The standard InChI is InChI=1S/C31H42O7/c1-25(32)37-28-18-20-29(21-19-28)38-31(33)26-14-16-27(17-15-26)34-22-10-7-5-3-2-4-6-8-11-23-35-30-13-9-12-24-36-30/h14-21,30H,2-13,22-24H2,1H3. The Labute approximate surface area is 226 Å². The fourth-order valence-electron chi connectivity index (χ4n) is 4.28. The molecule has 1 fully saturated rings. The Kier molecular flexibility index (Phi) is 13.7. The number of unbranched alkanes of at least 4 members (excludes halogenated alkanes) is 8. The zero-order valence-corrected chi connectivity index (χ0v) is 22.7. The first kappa shape index (κ1) is 29.7. The smallest absolute Gasteiger partial charge is 0.343 e. The van der Waals surface area contributed by atoms with E-state index in [1.165, 1.54) is 58.3 Å². The first-order valence-corrected chi connectivity index (χ1v) is 14.1. The molecule has 0 bridgehead atoms. The van der Waals surface area contributed by atoms with E-state index in [9.17, 15) is 9.59 Å². The lowest BCUT2D eigenvalue weighted by molar-refractivity contribution is -0.162. The Morgan fingerprint density at radius 1 is 0.711 bits per heavy atom. The third-order valence-corrected chi connectivity index (χ3v) is 6.38. The van der Waals surface area contributed by atoms with Gasteiger partial charge in [0.2, 0.25) is 0 Å². The summed E-state index contributed by atoms with van der Waals surface area (Å²) in [6.45, 7) is 3.68. The number of hydrogen-bond acceptors (Lipinski definition) is 7. The highest BCUT2D eigenvalue weighted by Gasteiger charge is 2.13. The number of rotatable bonds is 17. The fraction of sp³-hybridized carbons (Fsp3) is 0.548. The van der Waals surface area contributed by atoms with Gasteiger partial charge in [-0.1, -0.05) is 44.9 Å². The molecule has 0 N–H and O–H groups in total. The van der Waals surface area contributed by atoms with Gasteiger partial charge in [0.1, 0.15) is 17.2 Å². The Morgan fingerprint density at radius 3 is 1.84 bits per heavy atom. The van der Waals surface area contributed by atoms with Gasteiger partial charge in [0, 0.05) is 20.1 Å². The predicted molar refractivity (Wildman–Crippen MR) is 146 cm³/mol. The lowest BCUT2D eigenvalue weighted by Gasteiger charge is -2.22. The summed E-state index contributed by atoms with van der Waals surface area (Å²) in [5.74, 6) is 0.657. The second kappa shape index (κ2) is 17.6. The molecule has 1 aliphatic heterocycles. The zero-order chi connectivity index (χ0) is 26.8. The largest absolute Gasteiger partial charge is 0.494 e. The van der Waals surface area contributed by atoms with Crippen molar-refractivity contribution in [1.82, 2.24) is 0 Å². The molecule has 1 saturated heterocycles. The summed E-state index contributed by atoms with van der Waals surface area (Å²) < 4.78 is 27.5. The zero-order valence-electron chi connectivity index (χ0n) is 22.7. The van der Waals surface area contributed by atoms with E-state index in [1.807, 2.05) is 0 Å². The molecule has 0 aromatic heterocycles. The summed E-state index contributed by atoms with van der Waals surface area (Å²) in [6, 6.07) is 13.3. The van der Waals surface area contributed by atoms with Crippen LogP contribution in [-0.2, 0) is 14.3 Å². The molecular formula is C31H42O7. The molecule has 0 spiro atoms. The lowest BCUT2D eigenvalue weighted by atomic mass is 10.1. The molecule has 0 radical (unpaired) electrons. The van der Waals surface area contributed by atoms with Crippen LogP contribution < -0.4 is 14.2 Å². The van der Waals surface area contributed by atoms with Gasteiger partial charge >= 0.3 is 11.9 Å². The van der Waals surface area contributed by atoms with Gasteiger partial charge in [0.15, 0.2) is 6.29 Å². The van der Waals surface area contributed by atoms with Gasteiger partial charge in [-0.2, -0.15) is 0 Å². The highest BCUT2D eigenvalue weighted by Crippen LogP contribution is 2.20. The monoisotopic (exact) mass is 526 g/mol. The van der Waals surface area contributed by atoms with Crippen molar-refractivity contribution in [3.05, 3.63) is 54.1 Å². The van der Waals surface area contributed by atoms with Gasteiger partial charge in [0.05, 0.1) is 12.2 Å². The first-order valence-electron chi connectivity index (χ1n) is 14.1. The predicted octanol–water partition coefficient (Wildman–Crippen LogP) is 7.26. The second-order valence-electron chi connectivity index (χ2n) is 9.68. The van der Waals surface area contributed by atoms with E-state index in [2.05, 4.69) is 0 Å². The lowest BCUT2D eigenvalue weighted by Crippen LogP contribution is -2.22. The van der Waals surface area contributed by atoms with Crippen LogP contribution in [0.1, 0.15) is 94.3 Å². The molecule has 1 aliphatic rings. The van der Waals surface area contributed by atoms with Crippen molar-refractivity contribution in [2.24, 2.45) is 0 Å². The highest BCUT2D eigenvalue weighted by atomic mass is 16.7. The van der Waals surface area contributed by atoms with Crippen molar-refractivity contribution < 1.29 is 33.3 Å². The average molecular weight is 527 g/mol. The number of esters is 2. The van der Waals surface area contributed by atoms with Crippen LogP contribution >= 0.6 is 0 Å². The molecule has 0 aliphatic carbocycles. The van der Waals surface area contributed by atoms with Crippen molar-refractivity contribution >= 4 is 11.9 Å². The van der Waals surface area contributed by atoms with Crippen LogP contribution in [0.3, 0.4) is 0 Å². The summed E-state index contributed by atoms with van der Waals surface area (Å²) in [7, 11) is 0. The third-order valence-electron chi connectivity index (χ3n) is 6.38. The van der Waals surface area contributed by atoms with Gasteiger partial charge in [0.25, 0.3) is 0 Å². The summed E-state index contributed by atoms with van der Waals surface area (Å²) in [6.07, 6.45) is 14.4. The quantitative estimate of drug-likeness (QED) is 0.122. The van der Waals surface area contributed by atoms with E-state index in [0.717, 1.165) is 44.6 Å². The van der Waals surface area contributed by atoms with E-state index >= 15 is 0 Å². The molecule has 1 unspecified atom stereocenters.